The van der Waals surface area contributed by atoms with Gasteiger partial charge < -0.3 is 19.8 Å². The van der Waals surface area contributed by atoms with Crippen molar-refractivity contribution in [3.05, 3.63) is 29.6 Å². The van der Waals surface area contributed by atoms with Crippen LogP contribution in [0.1, 0.15) is 12.5 Å². The smallest absolute Gasteiger partial charge is 0.125 e. The Bertz CT molecular complexity index is 413. The summed E-state index contributed by atoms with van der Waals surface area (Å²) in [6, 6.07) is 4.63. The molecule has 0 aliphatic carbocycles. The minimum absolute atomic E-state index is 0.0502. The molecule has 2 unspecified atom stereocenters. The van der Waals surface area contributed by atoms with E-state index in [9.17, 15) is 4.39 Å². The van der Waals surface area contributed by atoms with Crippen molar-refractivity contribution in [3.63, 3.8) is 0 Å². The average Bonchev–Trinajstić information content (AvgIpc) is 2.38. The van der Waals surface area contributed by atoms with E-state index in [4.69, 9.17) is 14.9 Å². The van der Waals surface area contributed by atoms with Gasteiger partial charge in [-0.15, -0.1) is 0 Å². The van der Waals surface area contributed by atoms with Crippen molar-refractivity contribution in [3.8, 4) is 0 Å². The number of ether oxygens (including phenoxy) is 1. The van der Waals surface area contributed by atoms with Gasteiger partial charge in [-0.25, -0.2) is 4.39 Å². The third kappa shape index (κ3) is 2.80. The number of hydrogen-bond donors (Lipinski definition) is 2. The van der Waals surface area contributed by atoms with Crippen LogP contribution in [0, 0.1) is 5.82 Å². The lowest BCUT2D eigenvalue weighted by atomic mass is 10.1. The molecule has 1 heterocycles. The van der Waals surface area contributed by atoms with Gasteiger partial charge in [0.2, 0.25) is 0 Å². The summed E-state index contributed by atoms with van der Waals surface area (Å²) in [5, 5.41) is 18.2. The van der Waals surface area contributed by atoms with Crippen molar-refractivity contribution in [1.82, 2.24) is 0 Å². The number of aliphatic hydroxyl groups is 2. The molecule has 0 spiro atoms. The van der Waals surface area contributed by atoms with Gasteiger partial charge in [0.05, 0.1) is 25.9 Å². The van der Waals surface area contributed by atoms with E-state index < -0.39 is 0 Å². The van der Waals surface area contributed by atoms with Gasteiger partial charge in [0.25, 0.3) is 0 Å². The van der Waals surface area contributed by atoms with E-state index >= 15 is 0 Å². The van der Waals surface area contributed by atoms with Gasteiger partial charge in [0.1, 0.15) is 5.82 Å². The van der Waals surface area contributed by atoms with Crippen LogP contribution in [0.2, 0.25) is 0 Å². The van der Waals surface area contributed by atoms with Crippen molar-refractivity contribution in [2.45, 2.75) is 25.7 Å². The Morgan fingerprint density at radius 2 is 2.17 bits per heavy atom. The van der Waals surface area contributed by atoms with Crippen molar-refractivity contribution >= 4 is 5.69 Å². The number of hydrogen-bond acceptors (Lipinski definition) is 4. The Balaban J connectivity index is 2.25. The summed E-state index contributed by atoms with van der Waals surface area (Å²) in [6.07, 6.45) is -0.248. The van der Waals surface area contributed by atoms with Crippen molar-refractivity contribution in [2.24, 2.45) is 0 Å². The molecule has 0 aromatic heterocycles. The fourth-order valence-corrected chi connectivity index (χ4v) is 2.18. The number of benzene rings is 1. The van der Waals surface area contributed by atoms with Gasteiger partial charge >= 0.3 is 0 Å². The number of rotatable bonds is 3. The number of nitrogens with zero attached hydrogens (tertiary/aromatic N) is 1. The zero-order chi connectivity index (χ0) is 13.1. The quantitative estimate of drug-likeness (QED) is 0.842. The van der Waals surface area contributed by atoms with Crippen molar-refractivity contribution in [1.29, 1.82) is 0 Å². The summed E-state index contributed by atoms with van der Waals surface area (Å²) in [5.74, 6) is -0.365. The molecule has 0 amide bonds. The summed E-state index contributed by atoms with van der Waals surface area (Å²) in [7, 11) is 0. The lowest BCUT2D eigenvalue weighted by Crippen LogP contribution is -2.49. The number of halogens is 1. The van der Waals surface area contributed by atoms with Crippen molar-refractivity contribution < 1.29 is 19.3 Å². The summed E-state index contributed by atoms with van der Waals surface area (Å²) >= 11 is 0. The topological polar surface area (TPSA) is 52.9 Å². The van der Waals surface area contributed by atoms with Gasteiger partial charge in [-0.2, -0.15) is 0 Å². The molecule has 1 aromatic rings. The lowest BCUT2D eigenvalue weighted by molar-refractivity contribution is -0.0103. The van der Waals surface area contributed by atoms with Gasteiger partial charge in [-0.3, -0.25) is 0 Å². The van der Waals surface area contributed by atoms with E-state index in [1.54, 1.807) is 6.07 Å². The standard InChI is InChI=1S/C13H18FNO3/c1-9-8-18-13(7-17)5-15(9)12-3-10(6-16)2-11(14)4-12/h2-4,9,13,16-17H,5-8H2,1H3. The average molecular weight is 255 g/mol. The molecule has 0 radical (unpaired) electrons. The van der Waals surface area contributed by atoms with Gasteiger partial charge in [0.15, 0.2) is 0 Å². The Morgan fingerprint density at radius 1 is 1.39 bits per heavy atom. The van der Waals surface area contributed by atoms with E-state index in [-0.39, 0.29) is 31.2 Å². The molecule has 2 N–H and O–H groups in total. The Kier molecular flexibility index (Phi) is 4.16. The summed E-state index contributed by atoms with van der Waals surface area (Å²) in [6.45, 7) is 2.76. The summed E-state index contributed by atoms with van der Waals surface area (Å²) in [5.41, 5.74) is 1.26. The highest BCUT2D eigenvalue weighted by molar-refractivity contribution is 5.50. The molecule has 2 rings (SSSR count). The van der Waals surface area contributed by atoms with E-state index in [1.807, 2.05) is 11.8 Å². The first kappa shape index (κ1) is 13.3. The van der Waals surface area contributed by atoms with E-state index in [2.05, 4.69) is 0 Å². The predicted octanol–water partition coefficient (Wildman–Crippen LogP) is 0.904. The van der Waals surface area contributed by atoms with Gasteiger partial charge in [0, 0.05) is 18.3 Å². The molecule has 0 saturated carbocycles. The van der Waals surface area contributed by atoms with E-state index in [1.165, 1.54) is 12.1 Å². The molecule has 1 aliphatic rings. The molecule has 1 saturated heterocycles. The first-order valence-electron chi connectivity index (χ1n) is 6.03. The molecule has 1 fully saturated rings. The Hall–Kier alpha value is -1.17. The maximum atomic E-state index is 13.5. The molecule has 0 bridgehead atoms. The van der Waals surface area contributed by atoms with Gasteiger partial charge in [-0.1, -0.05) is 0 Å². The zero-order valence-corrected chi connectivity index (χ0v) is 10.3. The highest BCUT2D eigenvalue weighted by Crippen LogP contribution is 2.24. The molecule has 100 valence electrons. The van der Waals surface area contributed by atoms with Crippen LogP contribution in [0.25, 0.3) is 0 Å². The minimum atomic E-state index is -0.365. The van der Waals surface area contributed by atoms with Gasteiger partial charge in [-0.05, 0) is 30.7 Å². The number of aliphatic hydroxyl groups excluding tert-OH is 2. The summed E-state index contributed by atoms with van der Waals surface area (Å²) < 4.78 is 18.9. The largest absolute Gasteiger partial charge is 0.394 e. The fraction of sp³-hybridized carbons (Fsp3) is 0.538. The second-order valence-corrected chi connectivity index (χ2v) is 4.62. The van der Waals surface area contributed by atoms with Crippen LogP contribution in [-0.2, 0) is 11.3 Å². The minimum Gasteiger partial charge on any atom is -0.394 e. The highest BCUT2D eigenvalue weighted by atomic mass is 19.1. The fourth-order valence-electron chi connectivity index (χ4n) is 2.18. The van der Waals surface area contributed by atoms with Crippen LogP contribution in [0.15, 0.2) is 18.2 Å². The second kappa shape index (κ2) is 5.65. The normalized spacial score (nSPS) is 24.3. The maximum absolute atomic E-state index is 13.5. The van der Waals surface area contributed by atoms with Crippen molar-refractivity contribution in [2.75, 3.05) is 24.7 Å². The predicted molar refractivity (Wildman–Crippen MR) is 66.0 cm³/mol. The van der Waals surface area contributed by atoms with Crippen LogP contribution in [-0.4, -0.2) is 42.1 Å². The van der Waals surface area contributed by atoms with E-state index in [0.717, 1.165) is 0 Å². The third-order valence-corrected chi connectivity index (χ3v) is 3.17. The van der Waals surface area contributed by atoms with Crippen LogP contribution < -0.4 is 4.90 Å². The van der Waals surface area contributed by atoms with Crippen LogP contribution in [0.4, 0.5) is 10.1 Å². The van der Waals surface area contributed by atoms with Crippen LogP contribution in [0.3, 0.4) is 0 Å². The number of morpholine rings is 1. The molecule has 2 atom stereocenters. The molecule has 1 aromatic carbocycles. The first-order chi connectivity index (χ1) is 8.63. The van der Waals surface area contributed by atoms with E-state index in [0.29, 0.717) is 24.4 Å². The molecular weight excluding hydrogens is 237 g/mol. The second-order valence-electron chi connectivity index (χ2n) is 4.62. The summed E-state index contributed by atoms with van der Waals surface area (Å²) in [4.78, 5) is 1.99. The lowest BCUT2D eigenvalue weighted by Gasteiger charge is -2.39. The van der Waals surface area contributed by atoms with Crippen LogP contribution >= 0.6 is 0 Å². The Labute approximate surface area is 106 Å². The highest BCUT2D eigenvalue weighted by Gasteiger charge is 2.26. The molecule has 5 heteroatoms. The monoisotopic (exact) mass is 255 g/mol. The first-order valence-corrected chi connectivity index (χ1v) is 6.03. The Morgan fingerprint density at radius 3 is 2.83 bits per heavy atom. The maximum Gasteiger partial charge on any atom is 0.125 e. The SMILES string of the molecule is CC1COC(CO)CN1c1cc(F)cc(CO)c1. The molecule has 18 heavy (non-hydrogen) atoms. The molecule has 4 nitrogen and oxygen atoms in total. The number of anilines is 1. The molecular formula is C13H18FNO3. The molecule has 1 aliphatic heterocycles. The van der Waals surface area contributed by atoms with Crippen LogP contribution in [0.5, 0.6) is 0 Å². The zero-order valence-electron chi connectivity index (χ0n) is 10.3. The third-order valence-electron chi connectivity index (χ3n) is 3.17.